The summed E-state index contributed by atoms with van der Waals surface area (Å²) < 4.78 is 4.83. The molecular formula is C56H72N8O5. The Bertz CT molecular complexity index is 2420. The van der Waals surface area contributed by atoms with E-state index in [0.29, 0.717) is 13.0 Å². The fourth-order valence-corrected chi connectivity index (χ4v) is 11.0. The molecule has 3 aromatic carbocycles. The van der Waals surface area contributed by atoms with Gasteiger partial charge in [0.25, 0.3) is 0 Å². The van der Waals surface area contributed by atoms with Gasteiger partial charge in [-0.05, 0) is 84.6 Å². The number of Topliss-reactive ketones (excluding diaryl/α,β-unsaturated/α-hetero) is 1. The molecular weight excluding hydrogens is 865 g/mol. The van der Waals surface area contributed by atoms with Crippen molar-refractivity contribution in [3.05, 3.63) is 113 Å². The molecule has 2 saturated heterocycles. The molecule has 4 N–H and O–H groups in total. The van der Waals surface area contributed by atoms with Crippen molar-refractivity contribution in [3.63, 3.8) is 0 Å². The first-order valence-electron chi connectivity index (χ1n) is 25.2. The van der Waals surface area contributed by atoms with Crippen molar-refractivity contribution < 1.29 is 23.9 Å². The smallest absolute Gasteiger partial charge is 0.407 e. The maximum absolute atomic E-state index is 13.8. The second-order valence-electron chi connectivity index (χ2n) is 21.1. The Morgan fingerprint density at radius 3 is 1.80 bits per heavy atom. The Kier molecular flexibility index (Phi) is 14.8. The number of ketones is 1. The highest BCUT2D eigenvalue weighted by molar-refractivity contribution is 5.90. The number of carbonyl (C=O) groups excluding carboxylic acids is 4. The number of anilines is 1. The second-order valence-corrected chi connectivity index (χ2v) is 21.1. The molecule has 0 radical (unpaired) electrons. The number of rotatable bonds is 15. The van der Waals surface area contributed by atoms with Crippen molar-refractivity contribution in [1.82, 2.24) is 35.5 Å². The molecule has 4 heterocycles. The Hall–Kier alpha value is -6.24. The van der Waals surface area contributed by atoms with Crippen LogP contribution in [-0.2, 0) is 24.5 Å². The largest absolute Gasteiger partial charge is 0.453 e. The summed E-state index contributed by atoms with van der Waals surface area (Å²) in [5.41, 5.74) is 8.67. The van der Waals surface area contributed by atoms with Gasteiger partial charge in [-0.25, -0.2) is 14.8 Å². The average molecular weight is 937 g/mol. The van der Waals surface area contributed by atoms with E-state index in [9.17, 15) is 19.2 Å². The van der Waals surface area contributed by atoms with E-state index in [2.05, 4.69) is 119 Å². The first-order valence-corrected chi connectivity index (χ1v) is 25.2. The summed E-state index contributed by atoms with van der Waals surface area (Å²) in [6.07, 6.45) is 9.87. The fourth-order valence-electron chi connectivity index (χ4n) is 11.0. The third-order valence-electron chi connectivity index (χ3n) is 14.9. The molecule has 3 unspecified atom stereocenters. The highest BCUT2D eigenvalue weighted by Crippen LogP contribution is 2.48. The number of aromatic amines is 2. The monoisotopic (exact) mass is 937 g/mol. The standard InChI is InChI=1S/C56H72N8O5/c1-10-48(65)61-50(34(4)5)54(67)63-30-12-15-47(63)44-32-58-53(60-44)38-22-18-36(19-23-38)46-29-28-45(64(46)40-26-24-39(25-27-40)56(6,7)8)35-16-20-37(21-17-35)52-57-31-43(59-52)41-13-11-14-42(41)51(66)49(33(2)3)62-55(68)69-9/h16-27,31-34,41-42,45-47,49-50H,10-15,28-30H2,1-9H3,(H,57,59)(H,58,60)(H,61,65)(H,62,68)/t41-,42?,45?,46?,47+,49+,50+/m1/s1. The van der Waals surface area contributed by atoms with Crippen LogP contribution in [0.4, 0.5) is 10.5 Å². The van der Waals surface area contributed by atoms with E-state index in [0.717, 1.165) is 79.1 Å². The number of carbonyl (C=O) groups is 4. The van der Waals surface area contributed by atoms with Crippen LogP contribution in [0.1, 0.15) is 159 Å². The number of hydrogen-bond donors (Lipinski definition) is 4. The predicted octanol–water partition coefficient (Wildman–Crippen LogP) is 10.9. The van der Waals surface area contributed by atoms with Gasteiger partial charge in [0.2, 0.25) is 11.8 Å². The number of nitrogens with zero attached hydrogens (tertiary/aromatic N) is 4. The third-order valence-corrected chi connectivity index (χ3v) is 14.9. The predicted molar refractivity (Wildman–Crippen MR) is 270 cm³/mol. The lowest BCUT2D eigenvalue weighted by molar-refractivity contribution is -0.138. The van der Waals surface area contributed by atoms with Crippen LogP contribution in [0, 0.1) is 17.8 Å². The minimum Gasteiger partial charge on any atom is -0.453 e. The first-order chi connectivity index (χ1) is 33.1. The van der Waals surface area contributed by atoms with Gasteiger partial charge in [0.1, 0.15) is 17.7 Å². The third kappa shape index (κ3) is 10.5. The molecule has 13 nitrogen and oxygen atoms in total. The van der Waals surface area contributed by atoms with Gasteiger partial charge in [-0.15, -0.1) is 0 Å². The van der Waals surface area contributed by atoms with Crippen LogP contribution in [-0.4, -0.2) is 74.3 Å². The number of H-pyrrole nitrogens is 2. The quantitative estimate of drug-likeness (QED) is 0.0805. The van der Waals surface area contributed by atoms with Gasteiger partial charge in [0.05, 0.1) is 42.7 Å². The topological polar surface area (TPSA) is 165 Å². The molecule has 3 amide bonds. The number of aromatic nitrogens is 4. The first kappa shape index (κ1) is 49.2. The zero-order chi connectivity index (χ0) is 49.1. The van der Waals surface area contributed by atoms with E-state index in [-0.39, 0.29) is 64.8 Å². The van der Waals surface area contributed by atoms with E-state index >= 15 is 0 Å². The van der Waals surface area contributed by atoms with Crippen LogP contribution >= 0.6 is 0 Å². The molecule has 2 aliphatic heterocycles. The lowest BCUT2D eigenvalue weighted by Gasteiger charge is -2.34. The summed E-state index contributed by atoms with van der Waals surface area (Å²) in [6, 6.07) is 25.6. The van der Waals surface area contributed by atoms with Crippen LogP contribution in [0.15, 0.2) is 85.2 Å². The molecule has 2 aromatic heterocycles. The number of alkyl carbamates (subject to hydrolysis) is 1. The molecule has 5 aromatic rings. The van der Waals surface area contributed by atoms with Crippen LogP contribution in [0.25, 0.3) is 22.8 Å². The van der Waals surface area contributed by atoms with Gasteiger partial charge in [-0.1, -0.05) is 122 Å². The van der Waals surface area contributed by atoms with E-state index in [4.69, 9.17) is 14.7 Å². The summed E-state index contributed by atoms with van der Waals surface area (Å²) >= 11 is 0. The Morgan fingerprint density at radius 1 is 0.696 bits per heavy atom. The van der Waals surface area contributed by atoms with Gasteiger partial charge >= 0.3 is 6.09 Å². The number of methoxy groups -OCH3 is 1. The molecule has 366 valence electrons. The number of nitrogens with one attached hydrogen (secondary N) is 4. The Morgan fingerprint density at radius 2 is 1.26 bits per heavy atom. The molecule has 7 atom stereocenters. The molecule has 3 fully saturated rings. The van der Waals surface area contributed by atoms with Crippen LogP contribution in [0.3, 0.4) is 0 Å². The van der Waals surface area contributed by atoms with Crippen molar-refractivity contribution >= 4 is 29.4 Å². The number of amides is 3. The normalized spacial score (nSPS) is 21.5. The minimum absolute atomic E-state index is 0.0211. The van der Waals surface area contributed by atoms with Crippen molar-refractivity contribution in [2.24, 2.45) is 17.8 Å². The Balaban J connectivity index is 1.00. The van der Waals surface area contributed by atoms with Crippen LogP contribution in [0.2, 0.25) is 0 Å². The molecule has 13 heteroatoms. The van der Waals surface area contributed by atoms with Crippen molar-refractivity contribution in [3.8, 4) is 22.8 Å². The maximum atomic E-state index is 13.8. The van der Waals surface area contributed by atoms with Gasteiger partial charge < -0.3 is 35.1 Å². The number of benzene rings is 3. The number of ether oxygens (including phenoxy) is 1. The van der Waals surface area contributed by atoms with E-state index in [1.54, 1.807) is 6.92 Å². The zero-order valence-corrected chi connectivity index (χ0v) is 42.0. The molecule has 0 spiro atoms. The molecule has 8 rings (SSSR count). The lowest BCUT2D eigenvalue weighted by atomic mass is 9.83. The zero-order valence-electron chi connectivity index (χ0n) is 42.0. The number of imidazole rings is 2. The van der Waals surface area contributed by atoms with Crippen LogP contribution < -0.4 is 15.5 Å². The fraction of sp³-hybridized carbons (Fsp3) is 0.500. The summed E-state index contributed by atoms with van der Waals surface area (Å²) in [7, 11) is 1.32. The van der Waals surface area contributed by atoms with Crippen molar-refractivity contribution in [2.45, 2.75) is 148 Å². The molecule has 3 aliphatic rings. The van der Waals surface area contributed by atoms with Gasteiger partial charge in [-0.3, -0.25) is 14.4 Å². The minimum atomic E-state index is -0.615. The summed E-state index contributed by atoms with van der Waals surface area (Å²) in [6.45, 7) is 17.0. The van der Waals surface area contributed by atoms with E-state index in [1.807, 2.05) is 45.0 Å². The van der Waals surface area contributed by atoms with Gasteiger partial charge in [0, 0.05) is 54.0 Å². The highest BCUT2D eigenvalue weighted by Gasteiger charge is 2.41. The Labute approximate surface area is 408 Å². The number of likely N-dealkylation sites (tertiary alicyclic amines) is 1. The molecule has 0 bridgehead atoms. The highest BCUT2D eigenvalue weighted by atomic mass is 16.5. The summed E-state index contributed by atoms with van der Waals surface area (Å²) in [5.74, 6) is 1.08. The molecule has 1 saturated carbocycles. The number of hydrogen-bond acceptors (Lipinski definition) is 8. The van der Waals surface area contributed by atoms with Gasteiger partial charge in [-0.2, -0.15) is 0 Å². The SMILES string of the molecule is CCC(=O)N[C@H](C(=O)N1CCC[C@H]1c1c[nH]c(-c2ccc(C3CCC(c4ccc(-c5nc([C@@H]6CCCC6C(=O)[C@@H](NC(=O)OC)C(C)C)c[nH]5)cc4)N3c3ccc(C(C)(C)C)cc3)cc2)n1)C(C)C. The van der Waals surface area contributed by atoms with Crippen molar-refractivity contribution in [2.75, 3.05) is 18.6 Å². The maximum Gasteiger partial charge on any atom is 0.407 e. The molecule has 69 heavy (non-hydrogen) atoms. The van der Waals surface area contributed by atoms with Gasteiger partial charge in [0.15, 0.2) is 5.78 Å². The van der Waals surface area contributed by atoms with Crippen molar-refractivity contribution in [1.29, 1.82) is 0 Å². The summed E-state index contributed by atoms with van der Waals surface area (Å²) in [5, 5.41) is 5.73. The summed E-state index contributed by atoms with van der Waals surface area (Å²) in [4.78, 5) is 73.5. The van der Waals surface area contributed by atoms with E-state index < -0.39 is 18.2 Å². The molecule has 1 aliphatic carbocycles. The van der Waals surface area contributed by atoms with Crippen LogP contribution in [0.5, 0.6) is 0 Å². The average Bonchev–Trinajstić information content (AvgIpc) is 4.21. The second kappa shape index (κ2) is 20.8. The van der Waals surface area contributed by atoms with E-state index in [1.165, 1.54) is 29.5 Å². The lowest BCUT2D eigenvalue weighted by Crippen LogP contribution is -2.50.